The molecule has 0 aromatic heterocycles. The zero-order chi connectivity index (χ0) is 19.4. The fourth-order valence-electron chi connectivity index (χ4n) is 3.95. The fraction of sp³-hybridized carbons (Fsp3) is 0.667. The Morgan fingerprint density at radius 3 is 2.59 bits per heavy atom. The van der Waals surface area contributed by atoms with Gasteiger partial charge >= 0.3 is 0 Å². The maximum absolute atomic E-state index is 12.7. The number of amides is 1. The summed E-state index contributed by atoms with van der Waals surface area (Å²) in [6.45, 7) is 6.74. The van der Waals surface area contributed by atoms with Crippen molar-refractivity contribution in [2.24, 2.45) is 5.92 Å². The Bertz CT molecular complexity index is 651. The first kappa shape index (κ1) is 20.4. The topological polar surface area (TPSA) is 59.0 Å². The van der Waals surface area contributed by atoms with Gasteiger partial charge in [-0.15, -0.1) is 0 Å². The van der Waals surface area contributed by atoms with E-state index in [4.69, 9.17) is 21.1 Å². The largest absolute Gasteiger partial charge is 0.491 e. The molecule has 1 aromatic rings. The van der Waals surface area contributed by atoms with Crippen molar-refractivity contribution in [3.05, 3.63) is 28.3 Å². The highest BCUT2D eigenvalue weighted by molar-refractivity contribution is 6.32. The number of hydrogen-bond acceptors (Lipinski definition) is 4. The number of rotatable bonds is 4. The van der Waals surface area contributed by atoms with Crippen LogP contribution in [-0.2, 0) is 9.53 Å². The number of hydrogen-bond donors (Lipinski definition) is 1. The number of ether oxygens (including phenoxy) is 2. The lowest BCUT2D eigenvalue weighted by Gasteiger charge is -2.29. The average Bonchev–Trinajstić information content (AvgIpc) is 2.87. The molecule has 2 saturated heterocycles. The smallest absolute Gasteiger partial charge is 0.225 e. The molecule has 3 rings (SSSR count). The molecule has 1 amide bonds. The van der Waals surface area contributed by atoms with Crippen molar-refractivity contribution >= 4 is 17.5 Å². The number of benzene rings is 1. The van der Waals surface area contributed by atoms with Crippen LogP contribution < -0.4 is 4.74 Å². The molecule has 1 aromatic carbocycles. The number of halogens is 1. The number of likely N-dealkylation sites (tertiary alicyclic amines) is 1. The molecule has 0 aliphatic carbocycles. The van der Waals surface area contributed by atoms with Gasteiger partial charge in [0.25, 0.3) is 0 Å². The molecule has 1 atom stereocenters. The summed E-state index contributed by atoms with van der Waals surface area (Å²) in [5, 5.41) is 11.8. The lowest BCUT2D eigenvalue weighted by atomic mass is 9.96. The molecule has 2 fully saturated rings. The maximum atomic E-state index is 12.7. The predicted octanol–water partition coefficient (Wildman–Crippen LogP) is 3.51. The summed E-state index contributed by atoms with van der Waals surface area (Å²) in [7, 11) is 0. The fourth-order valence-corrected chi connectivity index (χ4v) is 4.06. The highest BCUT2D eigenvalue weighted by atomic mass is 35.5. The number of aryl methyl sites for hydroxylation is 2. The second-order valence-electron chi connectivity index (χ2n) is 7.95. The summed E-state index contributed by atoms with van der Waals surface area (Å²) in [6.07, 6.45) is 3.56. The molecule has 2 aliphatic rings. The molecule has 5 nitrogen and oxygen atoms in total. The van der Waals surface area contributed by atoms with E-state index >= 15 is 0 Å². The van der Waals surface area contributed by atoms with Crippen LogP contribution in [0.25, 0.3) is 0 Å². The maximum Gasteiger partial charge on any atom is 0.225 e. The van der Waals surface area contributed by atoms with E-state index in [2.05, 4.69) is 0 Å². The molecule has 1 N–H and O–H groups in total. The monoisotopic (exact) mass is 395 g/mol. The molecule has 2 aliphatic heterocycles. The number of carbonyl (C=O) groups is 1. The Kier molecular flexibility index (Phi) is 6.66. The molecular formula is C21H30ClNO4. The molecule has 27 heavy (non-hydrogen) atoms. The first-order valence-corrected chi connectivity index (χ1v) is 10.2. The van der Waals surface area contributed by atoms with Crippen molar-refractivity contribution in [3.63, 3.8) is 0 Å². The summed E-state index contributed by atoms with van der Waals surface area (Å²) in [6, 6.07) is 3.80. The van der Waals surface area contributed by atoms with Crippen LogP contribution >= 0.6 is 11.6 Å². The number of carbonyl (C=O) groups excluding carboxylic acids is 1. The van der Waals surface area contributed by atoms with Gasteiger partial charge in [-0.3, -0.25) is 4.79 Å². The van der Waals surface area contributed by atoms with Gasteiger partial charge in [-0.05, 0) is 69.2 Å². The summed E-state index contributed by atoms with van der Waals surface area (Å²) in [4.78, 5) is 14.7. The van der Waals surface area contributed by atoms with E-state index in [1.165, 1.54) is 0 Å². The van der Waals surface area contributed by atoms with Gasteiger partial charge in [0.15, 0.2) is 0 Å². The van der Waals surface area contributed by atoms with Gasteiger partial charge < -0.3 is 19.5 Å². The van der Waals surface area contributed by atoms with Crippen LogP contribution in [0.2, 0.25) is 5.02 Å². The Morgan fingerprint density at radius 1 is 1.26 bits per heavy atom. The Labute approximate surface area is 166 Å². The molecule has 6 heteroatoms. The van der Waals surface area contributed by atoms with Crippen LogP contribution in [-0.4, -0.2) is 54.4 Å². The second-order valence-corrected chi connectivity index (χ2v) is 8.33. The van der Waals surface area contributed by atoms with Gasteiger partial charge in [-0.2, -0.15) is 0 Å². The van der Waals surface area contributed by atoms with E-state index < -0.39 is 5.60 Å². The van der Waals surface area contributed by atoms with Crippen LogP contribution in [0.1, 0.15) is 43.2 Å². The minimum absolute atomic E-state index is 0.0706. The standard InChI is InChI=1S/C21H30ClNO4/c1-15-12-18(13-16(2)19(15)22)27-14-21(25)6-3-8-23(9-7-21)20(24)17-4-10-26-11-5-17/h12-13,17,25H,3-11,14H2,1-2H3. The lowest BCUT2D eigenvalue weighted by Crippen LogP contribution is -2.41. The third-order valence-electron chi connectivity index (χ3n) is 5.72. The molecule has 2 heterocycles. The Morgan fingerprint density at radius 2 is 1.93 bits per heavy atom. The average molecular weight is 396 g/mol. The highest BCUT2D eigenvalue weighted by Gasteiger charge is 2.34. The minimum Gasteiger partial charge on any atom is -0.491 e. The summed E-state index contributed by atoms with van der Waals surface area (Å²) in [5.41, 5.74) is 1.02. The van der Waals surface area contributed by atoms with E-state index in [0.29, 0.717) is 39.1 Å². The van der Waals surface area contributed by atoms with Gasteiger partial charge in [-0.1, -0.05) is 11.6 Å². The molecule has 1 unspecified atom stereocenters. The summed E-state index contributed by atoms with van der Waals surface area (Å²) in [5.74, 6) is 1.01. The first-order valence-electron chi connectivity index (χ1n) is 9.86. The van der Waals surface area contributed by atoms with Crippen molar-refractivity contribution in [2.75, 3.05) is 32.9 Å². The Hall–Kier alpha value is -1.30. The first-order chi connectivity index (χ1) is 12.9. The molecule has 0 bridgehead atoms. The molecular weight excluding hydrogens is 366 g/mol. The van der Waals surface area contributed by atoms with Crippen LogP contribution in [0.4, 0.5) is 0 Å². The van der Waals surface area contributed by atoms with E-state index in [9.17, 15) is 9.90 Å². The van der Waals surface area contributed by atoms with E-state index in [-0.39, 0.29) is 18.4 Å². The number of aliphatic hydroxyl groups is 1. The van der Waals surface area contributed by atoms with Gasteiger partial charge in [0.1, 0.15) is 18.0 Å². The zero-order valence-electron chi connectivity index (χ0n) is 16.3. The quantitative estimate of drug-likeness (QED) is 0.847. The third kappa shape index (κ3) is 5.15. The number of nitrogens with zero attached hydrogens (tertiary/aromatic N) is 1. The molecule has 0 radical (unpaired) electrons. The molecule has 0 spiro atoms. The normalized spacial score (nSPS) is 24.5. The summed E-state index contributed by atoms with van der Waals surface area (Å²) < 4.78 is 11.3. The van der Waals surface area contributed by atoms with Crippen molar-refractivity contribution < 1.29 is 19.4 Å². The van der Waals surface area contributed by atoms with E-state index in [1.807, 2.05) is 30.9 Å². The van der Waals surface area contributed by atoms with Gasteiger partial charge in [0.2, 0.25) is 5.91 Å². The summed E-state index contributed by atoms with van der Waals surface area (Å²) >= 11 is 6.21. The van der Waals surface area contributed by atoms with Gasteiger partial charge in [0, 0.05) is 37.2 Å². The zero-order valence-corrected chi connectivity index (χ0v) is 17.1. The minimum atomic E-state index is -0.911. The second kappa shape index (κ2) is 8.80. The van der Waals surface area contributed by atoms with Crippen molar-refractivity contribution in [2.45, 2.75) is 51.6 Å². The molecule has 0 saturated carbocycles. The van der Waals surface area contributed by atoms with Crippen LogP contribution in [0, 0.1) is 19.8 Å². The SMILES string of the molecule is Cc1cc(OCC2(O)CCCN(C(=O)C3CCOCC3)CC2)cc(C)c1Cl. The van der Waals surface area contributed by atoms with E-state index in [1.54, 1.807) is 0 Å². The van der Waals surface area contributed by atoms with Crippen molar-refractivity contribution in [1.29, 1.82) is 0 Å². The highest BCUT2D eigenvalue weighted by Crippen LogP contribution is 2.29. The van der Waals surface area contributed by atoms with Crippen molar-refractivity contribution in [3.8, 4) is 5.75 Å². The van der Waals surface area contributed by atoms with Crippen LogP contribution in [0.15, 0.2) is 12.1 Å². The van der Waals surface area contributed by atoms with Gasteiger partial charge in [0.05, 0.1) is 0 Å². The lowest BCUT2D eigenvalue weighted by molar-refractivity contribution is -0.138. The van der Waals surface area contributed by atoms with Crippen LogP contribution in [0.5, 0.6) is 5.75 Å². The Balaban J connectivity index is 1.56. The van der Waals surface area contributed by atoms with Gasteiger partial charge in [-0.25, -0.2) is 0 Å². The van der Waals surface area contributed by atoms with Crippen LogP contribution in [0.3, 0.4) is 0 Å². The molecule has 150 valence electrons. The van der Waals surface area contributed by atoms with E-state index in [0.717, 1.165) is 41.2 Å². The predicted molar refractivity (Wildman–Crippen MR) is 105 cm³/mol. The van der Waals surface area contributed by atoms with Crippen molar-refractivity contribution in [1.82, 2.24) is 4.90 Å². The third-order valence-corrected chi connectivity index (χ3v) is 6.31.